The van der Waals surface area contributed by atoms with Gasteiger partial charge in [-0.2, -0.15) is 0 Å². The average Bonchev–Trinajstić information content (AvgIpc) is 2.74. The van der Waals surface area contributed by atoms with Crippen molar-refractivity contribution in [3.63, 3.8) is 0 Å². The molecule has 90 valence electrons. The van der Waals surface area contributed by atoms with Gasteiger partial charge in [-0.05, 0) is 13.3 Å². The molecule has 1 aromatic heterocycles. The molecule has 1 unspecified atom stereocenters. The zero-order chi connectivity index (χ0) is 12.0. The van der Waals surface area contributed by atoms with Gasteiger partial charge in [0.25, 0.3) is 0 Å². The highest BCUT2D eigenvalue weighted by molar-refractivity contribution is 5.75. The molecular weight excluding hydrogens is 214 g/mol. The summed E-state index contributed by atoms with van der Waals surface area (Å²) in [6.07, 6.45) is 0.595. The molecule has 7 heteroatoms. The summed E-state index contributed by atoms with van der Waals surface area (Å²) in [4.78, 5) is 11.2. The highest BCUT2D eigenvalue weighted by Gasteiger charge is 2.21. The first-order valence-electron chi connectivity index (χ1n) is 5.04. The van der Waals surface area contributed by atoms with Crippen LogP contribution >= 0.6 is 0 Å². The van der Waals surface area contributed by atoms with Gasteiger partial charge < -0.3 is 14.9 Å². The number of aromatic nitrogens is 3. The largest absolute Gasteiger partial charge is 0.464 e. The summed E-state index contributed by atoms with van der Waals surface area (Å²) in [6.45, 7) is 2.39. The quantitative estimate of drug-likeness (QED) is 0.623. The van der Waals surface area contributed by atoms with E-state index in [0.717, 1.165) is 0 Å². The van der Waals surface area contributed by atoms with Gasteiger partial charge in [-0.15, -0.1) is 5.10 Å². The van der Waals surface area contributed by atoms with Crippen molar-refractivity contribution in [3.8, 4) is 0 Å². The Morgan fingerprint density at radius 3 is 3.06 bits per heavy atom. The maximum atomic E-state index is 11.2. The van der Waals surface area contributed by atoms with E-state index in [4.69, 9.17) is 5.11 Å². The highest BCUT2D eigenvalue weighted by atomic mass is 16.5. The van der Waals surface area contributed by atoms with Crippen LogP contribution in [0.4, 0.5) is 0 Å². The van der Waals surface area contributed by atoms with Gasteiger partial charge in [-0.3, -0.25) is 4.68 Å². The molecule has 0 aliphatic heterocycles. The van der Waals surface area contributed by atoms with Crippen molar-refractivity contribution in [1.29, 1.82) is 0 Å². The van der Waals surface area contributed by atoms with Crippen molar-refractivity contribution in [2.75, 3.05) is 13.2 Å². The summed E-state index contributed by atoms with van der Waals surface area (Å²) in [7, 11) is 0. The molecule has 16 heavy (non-hydrogen) atoms. The molecule has 0 aromatic carbocycles. The van der Waals surface area contributed by atoms with Crippen LogP contribution in [0, 0.1) is 0 Å². The second-order valence-electron chi connectivity index (χ2n) is 3.14. The summed E-state index contributed by atoms with van der Waals surface area (Å²) in [5.74, 6) is -0.739. The number of aryl methyl sites for hydroxylation is 1. The van der Waals surface area contributed by atoms with Crippen molar-refractivity contribution in [1.82, 2.24) is 15.0 Å². The molecule has 0 spiro atoms. The molecule has 2 N–H and O–H groups in total. The fourth-order valence-corrected chi connectivity index (χ4v) is 1.12. The van der Waals surface area contributed by atoms with E-state index in [1.807, 2.05) is 0 Å². The summed E-state index contributed by atoms with van der Waals surface area (Å²) >= 11 is 0. The van der Waals surface area contributed by atoms with Gasteiger partial charge in [0.15, 0.2) is 6.10 Å². The number of carbonyl (C=O) groups is 1. The molecular formula is C9H15N3O4. The number of hydrogen-bond acceptors (Lipinski definition) is 6. The second-order valence-corrected chi connectivity index (χ2v) is 3.14. The van der Waals surface area contributed by atoms with Crippen LogP contribution in [0.5, 0.6) is 0 Å². The van der Waals surface area contributed by atoms with Crippen LogP contribution in [0.2, 0.25) is 0 Å². The third-order valence-corrected chi connectivity index (χ3v) is 1.89. The van der Waals surface area contributed by atoms with Crippen molar-refractivity contribution in [3.05, 3.63) is 11.9 Å². The Bertz CT molecular complexity index is 339. The number of nitrogens with zero attached hydrogens (tertiary/aromatic N) is 3. The lowest BCUT2D eigenvalue weighted by Crippen LogP contribution is -2.15. The van der Waals surface area contributed by atoms with Crippen LogP contribution in [-0.2, 0) is 16.1 Å². The van der Waals surface area contributed by atoms with Gasteiger partial charge in [-0.1, -0.05) is 5.21 Å². The molecule has 0 aliphatic carbocycles. The van der Waals surface area contributed by atoms with Crippen LogP contribution < -0.4 is 0 Å². The van der Waals surface area contributed by atoms with Gasteiger partial charge in [-0.25, -0.2) is 4.79 Å². The standard InChI is InChI=1S/C9H15N3O4/c1-2-16-9(15)8(14)7-6-12(11-10-7)4-3-5-13/h6,8,13-14H,2-5H2,1H3. The van der Waals surface area contributed by atoms with Gasteiger partial charge >= 0.3 is 5.97 Å². The van der Waals surface area contributed by atoms with Crippen LogP contribution in [-0.4, -0.2) is 44.4 Å². The maximum absolute atomic E-state index is 11.2. The molecule has 1 aromatic rings. The maximum Gasteiger partial charge on any atom is 0.341 e. The first-order chi connectivity index (χ1) is 7.69. The van der Waals surface area contributed by atoms with E-state index in [0.29, 0.717) is 13.0 Å². The van der Waals surface area contributed by atoms with E-state index in [9.17, 15) is 9.90 Å². The van der Waals surface area contributed by atoms with Crippen LogP contribution in [0.1, 0.15) is 25.1 Å². The molecule has 1 heterocycles. The Labute approximate surface area is 92.6 Å². The minimum Gasteiger partial charge on any atom is -0.464 e. The van der Waals surface area contributed by atoms with Crippen LogP contribution in [0.3, 0.4) is 0 Å². The van der Waals surface area contributed by atoms with E-state index in [1.165, 1.54) is 10.9 Å². The fraction of sp³-hybridized carbons (Fsp3) is 0.667. The molecule has 1 atom stereocenters. The minimum absolute atomic E-state index is 0.0512. The third kappa shape index (κ3) is 3.28. The second kappa shape index (κ2) is 6.19. The molecule has 0 saturated carbocycles. The lowest BCUT2D eigenvalue weighted by Gasteiger charge is -2.05. The molecule has 0 bridgehead atoms. The highest BCUT2D eigenvalue weighted by Crippen LogP contribution is 2.10. The molecule has 7 nitrogen and oxygen atoms in total. The van der Waals surface area contributed by atoms with Gasteiger partial charge in [0.1, 0.15) is 5.69 Å². The van der Waals surface area contributed by atoms with Gasteiger partial charge in [0.2, 0.25) is 0 Å². The lowest BCUT2D eigenvalue weighted by molar-refractivity contribution is -0.153. The SMILES string of the molecule is CCOC(=O)C(O)c1cn(CCCO)nn1. The van der Waals surface area contributed by atoms with E-state index in [-0.39, 0.29) is 18.9 Å². The number of aliphatic hydroxyl groups is 2. The number of carbonyl (C=O) groups excluding carboxylic acids is 1. The first-order valence-corrected chi connectivity index (χ1v) is 5.04. The average molecular weight is 229 g/mol. The van der Waals surface area contributed by atoms with Crippen molar-refractivity contribution >= 4 is 5.97 Å². The zero-order valence-corrected chi connectivity index (χ0v) is 9.04. The molecule has 0 aliphatic rings. The van der Waals surface area contributed by atoms with E-state index in [2.05, 4.69) is 15.0 Å². The number of ether oxygens (including phenoxy) is 1. The van der Waals surface area contributed by atoms with Crippen molar-refractivity contribution in [2.24, 2.45) is 0 Å². The smallest absolute Gasteiger partial charge is 0.341 e. The normalized spacial score (nSPS) is 12.4. The number of hydrogen-bond donors (Lipinski definition) is 2. The van der Waals surface area contributed by atoms with Gasteiger partial charge in [0.05, 0.1) is 12.8 Å². The van der Waals surface area contributed by atoms with E-state index in [1.54, 1.807) is 6.92 Å². The molecule has 0 fully saturated rings. The fourth-order valence-electron chi connectivity index (χ4n) is 1.12. The van der Waals surface area contributed by atoms with Crippen molar-refractivity contribution in [2.45, 2.75) is 26.0 Å². The lowest BCUT2D eigenvalue weighted by atomic mass is 10.3. The van der Waals surface area contributed by atoms with Crippen LogP contribution in [0.25, 0.3) is 0 Å². The molecule has 0 saturated heterocycles. The molecule has 0 radical (unpaired) electrons. The summed E-state index contributed by atoms with van der Waals surface area (Å²) in [6, 6.07) is 0. The minimum atomic E-state index is -1.40. The van der Waals surface area contributed by atoms with Crippen LogP contribution in [0.15, 0.2) is 6.20 Å². The van der Waals surface area contributed by atoms with E-state index < -0.39 is 12.1 Å². The number of rotatable bonds is 6. The predicted molar refractivity (Wildman–Crippen MR) is 53.3 cm³/mol. The Morgan fingerprint density at radius 1 is 1.69 bits per heavy atom. The first kappa shape index (κ1) is 12.6. The Hall–Kier alpha value is -1.47. The van der Waals surface area contributed by atoms with Gasteiger partial charge in [0, 0.05) is 13.2 Å². The summed E-state index contributed by atoms with van der Waals surface area (Å²) < 4.78 is 6.09. The Kier molecular flexibility index (Phi) is 4.87. The summed E-state index contributed by atoms with van der Waals surface area (Å²) in [5, 5.41) is 25.5. The van der Waals surface area contributed by atoms with E-state index >= 15 is 0 Å². The third-order valence-electron chi connectivity index (χ3n) is 1.89. The zero-order valence-electron chi connectivity index (χ0n) is 9.04. The number of aliphatic hydroxyl groups excluding tert-OH is 2. The monoisotopic (exact) mass is 229 g/mol. The summed E-state index contributed by atoms with van der Waals surface area (Å²) in [5.41, 5.74) is 0.149. The van der Waals surface area contributed by atoms with Crippen molar-refractivity contribution < 1.29 is 19.7 Å². The number of esters is 1. The topological polar surface area (TPSA) is 97.5 Å². The Morgan fingerprint density at radius 2 is 2.44 bits per heavy atom. The Balaban J connectivity index is 2.59. The predicted octanol–water partition coefficient (Wildman–Crippen LogP) is -0.743. The molecule has 0 amide bonds. The molecule has 1 rings (SSSR count).